The molecular weight excluding hydrogens is 332 g/mol. The Balaban J connectivity index is 1.34. The minimum Gasteiger partial charge on any atom is -0.377 e. The van der Waals surface area contributed by atoms with Crippen molar-refractivity contribution in [2.24, 2.45) is 11.8 Å². The van der Waals surface area contributed by atoms with Gasteiger partial charge < -0.3 is 4.74 Å². The summed E-state index contributed by atoms with van der Waals surface area (Å²) >= 11 is 0. The molecular formula is C18H22N6O2. The van der Waals surface area contributed by atoms with E-state index >= 15 is 0 Å². The minimum atomic E-state index is 0.391. The Morgan fingerprint density at radius 2 is 2.12 bits per heavy atom. The van der Waals surface area contributed by atoms with E-state index in [0.717, 1.165) is 48.2 Å². The Bertz CT molecular complexity index is 902. The molecule has 5 rings (SSSR count). The van der Waals surface area contributed by atoms with Gasteiger partial charge in [0.15, 0.2) is 11.6 Å². The number of aromatic amines is 1. The number of fused-ring (bicyclic) bond motifs is 1. The summed E-state index contributed by atoms with van der Waals surface area (Å²) in [5, 5.41) is 15.3. The van der Waals surface area contributed by atoms with Crippen molar-refractivity contribution < 1.29 is 9.37 Å². The van der Waals surface area contributed by atoms with E-state index in [-0.39, 0.29) is 0 Å². The normalized spacial score (nSPS) is 23.9. The zero-order valence-electron chi connectivity index (χ0n) is 14.8. The number of nitrogens with zero attached hydrogens (tertiary/aromatic N) is 5. The number of H-pyrrole nitrogens is 1. The monoisotopic (exact) mass is 354 g/mol. The summed E-state index contributed by atoms with van der Waals surface area (Å²) in [6.45, 7) is 3.46. The van der Waals surface area contributed by atoms with Crippen LogP contribution in [0.15, 0.2) is 22.8 Å². The third kappa shape index (κ3) is 2.99. The molecule has 0 spiro atoms. The molecule has 0 bridgehead atoms. The van der Waals surface area contributed by atoms with Gasteiger partial charge >= 0.3 is 0 Å². The van der Waals surface area contributed by atoms with E-state index in [0.29, 0.717) is 18.4 Å². The highest BCUT2D eigenvalue weighted by atomic mass is 16.6. The lowest BCUT2D eigenvalue weighted by molar-refractivity contribution is 0.178. The van der Waals surface area contributed by atoms with Crippen molar-refractivity contribution in [1.29, 1.82) is 0 Å². The van der Waals surface area contributed by atoms with Gasteiger partial charge in [-0.15, -0.1) is 0 Å². The number of likely N-dealkylation sites (tertiary alicyclic amines) is 1. The van der Waals surface area contributed by atoms with Crippen molar-refractivity contribution in [3.63, 3.8) is 0 Å². The lowest BCUT2D eigenvalue weighted by atomic mass is 9.91. The summed E-state index contributed by atoms with van der Waals surface area (Å²) in [4.78, 5) is 7.18. The van der Waals surface area contributed by atoms with Crippen molar-refractivity contribution in [1.82, 2.24) is 30.4 Å². The Labute approximate surface area is 150 Å². The first-order chi connectivity index (χ1) is 12.8. The molecule has 26 heavy (non-hydrogen) atoms. The van der Waals surface area contributed by atoms with Gasteiger partial charge in [-0.2, -0.15) is 5.10 Å². The number of nitrogens with one attached hydrogen (secondary N) is 1. The van der Waals surface area contributed by atoms with Crippen LogP contribution in [-0.2, 0) is 17.9 Å². The van der Waals surface area contributed by atoms with Crippen LogP contribution in [0.2, 0.25) is 0 Å². The summed E-state index contributed by atoms with van der Waals surface area (Å²) in [5.74, 6) is 3.59. The number of aromatic nitrogens is 5. The quantitative estimate of drug-likeness (QED) is 0.724. The van der Waals surface area contributed by atoms with E-state index in [1.165, 1.54) is 18.4 Å². The maximum absolute atomic E-state index is 5.16. The van der Waals surface area contributed by atoms with Gasteiger partial charge in [0, 0.05) is 32.7 Å². The summed E-state index contributed by atoms with van der Waals surface area (Å²) in [5.41, 5.74) is 2.85. The third-order valence-corrected chi connectivity index (χ3v) is 5.55. The average molecular weight is 354 g/mol. The first-order valence-corrected chi connectivity index (χ1v) is 9.14. The molecule has 1 saturated heterocycles. The molecule has 1 N–H and O–H groups in total. The van der Waals surface area contributed by atoms with E-state index in [9.17, 15) is 0 Å². The van der Waals surface area contributed by atoms with E-state index in [4.69, 9.17) is 9.37 Å². The fourth-order valence-corrected chi connectivity index (χ4v) is 4.18. The van der Waals surface area contributed by atoms with Crippen molar-refractivity contribution in [2.75, 3.05) is 20.2 Å². The first kappa shape index (κ1) is 15.9. The molecule has 1 aromatic carbocycles. The molecule has 2 fully saturated rings. The minimum absolute atomic E-state index is 0.391. The van der Waals surface area contributed by atoms with Crippen LogP contribution in [0.1, 0.15) is 36.0 Å². The van der Waals surface area contributed by atoms with Gasteiger partial charge in [0.25, 0.3) is 0 Å². The fraction of sp³-hybridized carbons (Fsp3) is 0.556. The molecule has 8 nitrogen and oxygen atoms in total. The van der Waals surface area contributed by atoms with Gasteiger partial charge in [-0.3, -0.25) is 10.00 Å². The van der Waals surface area contributed by atoms with Crippen LogP contribution in [0, 0.1) is 11.8 Å². The molecule has 1 saturated carbocycles. The number of ether oxygens (including phenoxy) is 1. The molecule has 0 amide bonds. The van der Waals surface area contributed by atoms with Gasteiger partial charge in [0.2, 0.25) is 0 Å². The number of methoxy groups -OCH3 is 1. The second-order valence-corrected chi connectivity index (χ2v) is 7.46. The van der Waals surface area contributed by atoms with Crippen LogP contribution in [0.4, 0.5) is 0 Å². The third-order valence-electron chi connectivity index (χ3n) is 5.55. The molecule has 1 aliphatic carbocycles. The Hall–Kier alpha value is -2.32. The van der Waals surface area contributed by atoms with Crippen LogP contribution in [0.3, 0.4) is 0 Å². The SMILES string of the molecule is COCc1nc([C@H]2CN(Cc3ccc4nonc4c3)C[C@@H]2C2CC2)n[nH]1. The lowest BCUT2D eigenvalue weighted by Gasteiger charge is -2.15. The maximum Gasteiger partial charge on any atom is 0.155 e. The highest BCUT2D eigenvalue weighted by Crippen LogP contribution is 2.47. The van der Waals surface area contributed by atoms with Crippen LogP contribution in [-0.4, -0.2) is 50.6 Å². The molecule has 2 aromatic heterocycles. The standard InChI is InChI=1S/C18H22N6O2/c1-25-10-17-19-18(21-20-17)14-9-24(8-13(14)12-3-4-12)7-11-2-5-15-16(6-11)23-26-22-15/h2,5-6,12-14H,3-4,7-10H2,1H3,(H,19,20,21)/t13-,14+/m1/s1. The van der Waals surface area contributed by atoms with Crippen LogP contribution in [0.25, 0.3) is 11.0 Å². The van der Waals surface area contributed by atoms with Gasteiger partial charge in [-0.1, -0.05) is 6.07 Å². The largest absolute Gasteiger partial charge is 0.377 e. The molecule has 0 radical (unpaired) electrons. The fourth-order valence-electron chi connectivity index (χ4n) is 4.18. The summed E-state index contributed by atoms with van der Waals surface area (Å²) < 4.78 is 9.96. The van der Waals surface area contributed by atoms with Gasteiger partial charge in [-0.05, 0) is 52.7 Å². The van der Waals surface area contributed by atoms with Crippen LogP contribution < -0.4 is 0 Å². The number of hydrogen-bond donors (Lipinski definition) is 1. The Morgan fingerprint density at radius 3 is 2.96 bits per heavy atom. The van der Waals surface area contributed by atoms with Crippen molar-refractivity contribution >= 4 is 11.0 Å². The van der Waals surface area contributed by atoms with Gasteiger partial charge in [-0.25, -0.2) is 9.61 Å². The van der Waals surface area contributed by atoms with Crippen LogP contribution in [0.5, 0.6) is 0 Å². The topological polar surface area (TPSA) is 93.0 Å². The highest BCUT2D eigenvalue weighted by molar-refractivity contribution is 5.73. The zero-order chi connectivity index (χ0) is 17.5. The molecule has 8 heteroatoms. The van der Waals surface area contributed by atoms with Gasteiger partial charge in [0.05, 0.1) is 0 Å². The van der Waals surface area contributed by atoms with Crippen molar-refractivity contribution in [2.45, 2.75) is 31.9 Å². The smallest absolute Gasteiger partial charge is 0.155 e. The molecule has 3 heterocycles. The Kier molecular flexibility index (Phi) is 3.94. The predicted octanol–water partition coefficient (Wildman–Crippen LogP) is 2.11. The van der Waals surface area contributed by atoms with Crippen molar-refractivity contribution in [3.05, 3.63) is 35.4 Å². The molecule has 3 aromatic rings. The molecule has 136 valence electrons. The molecule has 2 aliphatic rings. The lowest BCUT2D eigenvalue weighted by Crippen LogP contribution is -2.20. The van der Waals surface area contributed by atoms with E-state index in [2.05, 4.69) is 42.5 Å². The van der Waals surface area contributed by atoms with Crippen LogP contribution >= 0.6 is 0 Å². The van der Waals surface area contributed by atoms with E-state index in [1.807, 2.05) is 6.07 Å². The molecule has 0 unspecified atom stereocenters. The second kappa shape index (κ2) is 6.44. The highest BCUT2D eigenvalue weighted by Gasteiger charge is 2.44. The van der Waals surface area contributed by atoms with Crippen molar-refractivity contribution in [3.8, 4) is 0 Å². The average Bonchev–Trinajstić information content (AvgIpc) is 3.05. The number of rotatable bonds is 6. The number of hydrogen-bond acceptors (Lipinski definition) is 7. The summed E-state index contributed by atoms with van der Waals surface area (Å²) in [7, 11) is 1.67. The molecule has 2 atom stereocenters. The van der Waals surface area contributed by atoms with E-state index < -0.39 is 0 Å². The van der Waals surface area contributed by atoms with E-state index in [1.54, 1.807) is 7.11 Å². The maximum atomic E-state index is 5.16. The summed E-state index contributed by atoms with van der Waals surface area (Å²) in [6.07, 6.45) is 2.67. The molecule has 1 aliphatic heterocycles. The number of benzene rings is 1. The Morgan fingerprint density at radius 1 is 1.23 bits per heavy atom. The van der Waals surface area contributed by atoms with Gasteiger partial charge in [0.1, 0.15) is 17.6 Å². The first-order valence-electron chi connectivity index (χ1n) is 9.14. The second-order valence-electron chi connectivity index (χ2n) is 7.46. The summed E-state index contributed by atoms with van der Waals surface area (Å²) in [6, 6.07) is 6.14. The predicted molar refractivity (Wildman–Crippen MR) is 93.1 cm³/mol. The zero-order valence-corrected chi connectivity index (χ0v) is 14.8.